The molecule has 0 amide bonds. The van der Waals surface area contributed by atoms with Crippen LogP contribution in [0.15, 0.2) is 35.1 Å². The molecule has 0 aromatic carbocycles. The van der Waals surface area contributed by atoms with Gasteiger partial charge in [0.1, 0.15) is 21.5 Å². The van der Waals surface area contributed by atoms with Crippen molar-refractivity contribution < 1.29 is 18.9 Å². The van der Waals surface area contributed by atoms with Crippen molar-refractivity contribution in [2.75, 3.05) is 40.6 Å². The molecule has 1 unspecified atom stereocenters. The van der Waals surface area contributed by atoms with Crippen molar-refractivity contribution in [3.8, 4) is 0 Å². The highest BCUT2D eigenvalue weighted by atomic mass is 35.5. The Bertz CT molecular complexity index is 877. The van der Waals surface area contributed by atoms with E-state index in [9.17, 15) is 4.79 Å². The van der Waals surface area contributed by atoms with Gasteiger partial charge in [-0.15, -0.1) is 0 Å². The van der Waals surface area contributed by atoms with Gasteiger partial charge in [0.15, 0.2) is 5.43 Å². The van der Waals surface area contributed by atoms with E-state index in [-0.39, 0.29) is 5.43 Å². The molecule has 2 atom stereocenters. The summed E-state index contributed by atoms with van der Waals surface area (Å²) in [6, 6.07) is 8.40. The molecular weight excluding hydrogens is 419 g/mol. The average molecular weight is 443 g/mol. The van der Waals surface area contributed by atoms with Crippen LogP contribution in [0.5, 0.6) is 0 Å². The van der Waals surface area contributed by atoms with Gasteiger partial charge in [-0.25, -0.2) is 4.98 Å². The fourth-order valence-electron chi connectivity index (χ4n) is 3.46. The maximum atomic E-state index is 11.3. The van der Waals surface area contributed by atoms with Crippen LogP contribution in [0.2, 0.25) is 10.3 Å². The second kappa shape index (κ2) is 9.55. The van der Waals surface area contributed by atoms with Crippen LogP contribution in [0.3, 0.4) is 0 Å². The first-order valence-corrected chi connectivity index (χ1v) is 9.98. The van der Waals surface area contributed by atoms with Crippen molar-refractivity contribution in [3.63, 3.8) is 0 Å². The molecule has 2 fully saturated rings. The van der Waals surface area contributed by atoms with Gasteiger partial charge in [0, 0.05) is 52.4 Å². The smallest absolute Gasteiger partial charge is 0.183 e. The zero-order valence-electron chi connectivity index (χ0n) is 16.4. The number of pyridine rings is 2. The Labute approximate surface area is 179 Å². The Morgan fingerprint density at radius 3 is 2.21 bits per heavy atom. The average Bonchev–Trinajstić information content (AvgIpc) is 3.39. The van der Waals surface area contributed by atoms with Gasteiger partial charge >= 0.3 is 0 Å². The van der Waals surface area contributed by atoms with E-state index in [1.807, 2.05) is 12.1 Å². The number of rotatable bonds is 4. The molecule has 29 heavy (non-hydrogen) atoms. The summed E-state index contributed by atoms with van der Waals surface area (Å²) in [4.78, 5) is 18.5. The highest BCUT2D eigenvalue weighted by Gasteiger charge is 2.39. The van der Waals surface area contributed by atoms with E-state index in [4.69, 9.17) is 42.1 Å². The van der Waals surface area contributed by atoms with E-state index in [1.165, 1.54) is 12.1 Å². The number of hydrogen-bond acceptors (Lipinski definition) is 6. The predicted molar refractivity (Wildman–Crippen MR) is 110 cm³/mol. The first-order chi connectivity index (χ1) is 13.9. The SMILES string of the molecule is COC1(c2cccc(Cl)n2)CCOC1.CO[C@]1(c2cc(=O)cc(Cl)[nH]2)CCOC1. The number of methoxy groups -OCH3 is 2. The van der Waals surface area contributed by atoms with E-state index in [1.54, 1.807) is 20.3 Å². The van der Waals surface area contributed by atoms with E-state index in [0.717, 1.165) is 18.5 Å². The zero-order chi connectivity index (χ0) is 20.9. The summed E-state index contributed by atoms with van der Waals surface area (Å²) in [5, 5.41) is 0.812. The van der Waals surface area contributed by atoms with Crippen molar-refractivity contribution in [1.29, 1.82) is 0 Å². The maximum Gasteiger partial charge on any atom is 0.183 e. The molecule has 2 saturated heterocycles. The number of halogens is 2. The Balaban J connectivity index is 0.000000166. The van der Waals surface area contributed by atoms with Gasteiger partial charge in [-0.1, -0.05) is 29.3 Å². The van der Waals surface area contributed by atoms with Crippen molar-refractivity contribution in [3.05, 3.63) is 62.2 Å². The quantitative estimate of drug-likeness (QED) is 0.731. The molecular formula is C20H24Cl2N2O5. The van der Waals surface area contributed by atoms with Crippen LogP contribution < -0.4 is 5.43 Å². The second-order valence-corrected chi connectivity index (χ2v) is 7.72. The van der Waals surface area contributed by atoms with Gasteiger partial charge in [-0.2, -0.15) is 0 Å². The number of aromatic amines is 1. The Morgan fingerprint density at radius 1 is 1.03 bits per heavy atom. The van der Waals surface area contributed by atoms with Gasteiger partial charge in [-0.05, 0) is 12.1 Å². The standard InChI is InChI=1S/C10H12ClNO3.C10H12ClNO2/c1-14-10(2-3-15-6-10)8-4-7(13)5-9(11)12-8;1-13-10(5-6-14-7-10)8-3-2-4-9(11)12-8/h4-5H,2-3,6H2,1H3,(H,12,13);2-4H,5-7H2,1H3/t10-;/m1./s1. The van der Waals surface area contributed by atoms with Crippen LogP contribution >= 0.6 is 23.2 Å². The molecule has 1 N–H and O–H groups in total. The lowest BCUT2D eigenvalue weighted by Crippen LogP contribution is -2.31. The van der Waals surface area contributed by atoms with Crippen LogP contribution in [-0.4, -0.2) is 50.6 Å². The molecule has 0 aliphatic carbocycles. The molecule has 0 radical (unpaired) electrons. The van der Waals surface area contributed by atoms with Crippen molar-refractivity contribution in [2.45, 2.75) is 24.0 Å². The molecule has 4 heterocycles. The molecule has 2 aromatic heterocycles. The third-order valence-electron chi connectivity index (χ3n) is 5.23. The van der Waals surface area contributed by atoms with E-state index >= 15 is 0 Å². The molecule has 7 nitrogen and oxygen atoms in total. The van der Waals surface area contributed by atoms with Gasteiger partial charge in [0.2, 0.25) is 0 Å². The summed E-state index contributed by atoms with van der Waals surface area (Å²) in [6.07, 6.45) is 1.55. The molecule has 2 aliphatic heterocycles. The maximum absolute atomic E-state index is 11.3. The first kappa shape index (κ1) is 22.2. The molecule has 4 rings (SSSR count). The van der Waals surface area contributed by atoms with Crippen molar-refractivity contribution in [2.24, 2.45) is 0 Å². The normalized spacial score (nSPS) is 26.2. The van der Waals surface area contributed by atoms with Crippen LogP contribution in [0.25, 0.3) is 0 Å². The van der Waals surface area contributed by atoms with Crippen LogP contribution in [-0.2, 0) is 30.1 Å². The largest absolute Gasteiger partial charge is 0.378 e. The summed E-state index contributed by atoms with van der Waals surface area (Å²) < 4.78 is 21.6. The number of H-pyrrole nitrogens is 1. The van der Waals surface area contributed by atoms with E-state index in [0.29, 0.717) is 42.4 Å². The third-order valence-corrected chi connectivity index (χ3v) is 5.65. The van der Waals surface area contributed by atoms with Gasteiger partial charge in [0.25, 0.3) is 0 Å². The Kier molecular flexibility index (Phi) is 7.32. The summed E-state index contributed by atoms with van der Waals surface area (Å²) >= 11 is 11.6. The number of aromatic nitrogens is 2. The summed E-state index contributed by atoms with van der Waals surface area (Å²) in [5.41, 5.74) is 0.455. The van der Waals surface area contributed by atoms with Gasteiger partial charge in [0.05, 0.1) is 24.6 Å². The van der Waals surface area contributed by atoms with Gasteiger partial charge < -0.3 is 23.9 Å². The third kappa shape index (κ3) is 4.99. The molecule has 158 valence electrons. The van der Waals surface area contributed by atoms with Crippen molar-refractivity contribution in [1.82, 2.24) is 9.97 Å². The monoisotopic (exact) mass is 442 g/mol. The van der Waals surface area contributed by atoms with Crippen LogP contribution in [0.1, 0.15) is 24.2 Å². The number of ether oxygens (including phenoxy) is 4. The molecule has 2 aromatic rings. The van der Waals surface area contributed by atoms with Crippen molar-refractivity contribution >= 4 is 23.2 Å². The first-order valence-electron chi connectivity index (χ1n) is 9.22. The molecule has 9 heteroatoms. The number of hydrogen-bond donors (Lipinski definition) is 1. The van der Waals surface area contributed by atoms with E-state index in [2.05, 4.69) is 9.97 Å². The molecule has 0 saturated carbocycles. The van der Waals surface area contributed by atoms with Gasteiger partial charge in [-0.3, -0.25) is 4.79 Å². The lowest BCUT2D eigenvalue weighted by molar-refractivity contribution is -0.0246. The fourth-order valence-corrected chi connectivity index (χ4v) is 3.83. The zero-order valence-corrected chi connectivity index (χ0v) is 17.9. The summed E-state index contributed by atoms with van der Waals surface area (Å²) in [6.45, 7) is 2.33. The fraction of sp³-hybridized carbons (Fsp3) is 0.500. The summed E-state index contributed by atoms with van der Waals surface area (Å²) in [5.74, 6) is 0. The predicted octanol–water partition coefficient (Wildman–Crippen LogP) is 3.29. The minimum atomic E-state index is -0.552. The lowest BCUT2D eigenvalue weighted by Gasteiger charge is -2.25. The number of nitrogens with one attached hydrogen (secondary N) is 1. The van der Waals surface area contributed by atoms with Crippen LogP contribution in [0, 0.1) is 0 Å². The molecule has 2 aliphatic rings. The molecule has 0 spiro atoms. The minimum Gasteiger partial charge on any atom is -0.378 e. The highest BCUT2D eigenvalue weighted by molar-refractivity contribution is 6.29. The highest BCUT2D eigenvalue weighted by Crippen LogP contribution is 2.33. The second-order valence-electron chi connectivity index (χ2n) is 6.93. The number of nitrogens with zero attached hydrogens (tertiary/aromatic N) is 1. The minimum absolute atomic E-state index is 0.128. The summed E-state index contributed by atoms with van der Waals surface area (Å²) in [7, 11) is 3.28. The topological polar surface area (TPSA) is 82.7 Å². The Morgan fingerprint density at radius 2 is 1.69 bits per heavy atom. The Hall–Kier alpha value is -1.48. The lowest BCUT2D eigenvalue weighted by atomic mass is 9.98. The molecule has 0 bridgehead atoms. The van der Waals surface area contributed by atoms with Crippen LogP contribution in [0.4, 0.5) is 0 Å². The van der Waals surface area contributed by atoms with E-state index < -0.39 is 11.2 Å².